The van der Waals surface area contributed by atoms with Gasteiger partial charge in [-0.3, -0.25) is 0 Å². The van der Waals surface area contributed by atoms with E-state index in [9.17, 15) is 0 Å². The van der Waals surface area contributed by atoms with Crippen molar-refractivity contribution in [3.05, 3.63) is 0 Å². The fraction of sp³-hybridized carbons (Fsp3) is 1.00. The zero-order valence-corrected chi connectivity index (χ0v) is 13.0. The summed E-state index contributed by atoms with van der Waals surface area (Å²) in [6.45, 7) is 6.09. The van der Waals surface area contributed by atoms with Gasteiger partial charge < -0.3 is 14.8 Å². The summed E-state index contributed by atoms with van der Waals surface area (Å²) in [6, 6.07) is 0.717. The van der Waals surface area contributed by atoms with E-state index in [1.54, 1.807) is 0 Å². The number of ether oxygens (including phenoxy) is 2. The van der Waals surface area contributed by atoms with Crippen LogP contribution in [0.15, 0.2) is 0 Å². The predicted octanol–water partition coefficient (Wildman–Crippen LogP) is 3.13. The first-order valence-corrected chi connectivity index (χ1v) is 8.76. The fourth-order valence-corrected chi connectivity index (χ4v) is 4.29. The lowest BCUT2D eigenvalue weighted by atomic mass is 9.73. The van der Waals surface area contributed by atoms with Gasteiger partial charge in [-0.15, -0.1) is 0 Å². The zero-order valence-electron chi connectivity index (χ0n) is 13.0. The molecule has 20 heavy (non-hydrogen) atoms. The molecule has 0 aromatic carbocycles. The quantitative estimate of drug-likeness (QED) is 0.840. The van der Waals surface area contributed by atoms with Crippen molar-refractivity contribution < 1.29 is 9.47 Å². The van der Waals surface area contributed by atoms with E-state index < -0.39 is 0 Å². The van der Waals surface area contributed by atoms with Gasteiger partial charge in [-0.1, -0.05) is 26.2 Å². The highest BCUT2D eigenvalue weighted by atomic mass is 16.5. The van der Waals surface area contributed by atoms with Crippen LogP contribution in [0, 0.1) is 11.8 Å². The third-order valence-electron chi connectivity index (χ3n) is 5.78. The molecule has 0 bridgehead atoms. The molecule has 3 rings (SSSR count). The van der Waals surface area contributed by atoms with Crippen LogP contribution in [0.25, 0.3) is 0 Å². The summed E-state index contributed by atoms with van der Waals surface area (Å²) < 4.78 is 11.7. The average Bonchev–Trinajstić information content (AvgIpc) is 2.42. The van der Waals surface area contributed by atoms with Crippen molar-refractivity contribution in [2.75, 3.05) is 26.4 Å². The molecule has 3 aliphatic rings. The van der Waals surface area contributed by atoms with Gasteiger partial charge in [0.15, 0.2) is 0 Å². The Kier molecular flexibility index (Phi) is 5.00. The van der Waals surface area contributed by atoms with E-state index in [0.717, 1.165) is 51.0 Å². The molecule has 1 aliphatic carbocycles. The molecule has 1 saturated carbocycles. The number of hydrogen-bond donors (Lipinski definition) is 1. The van der Waals surface area contributed by atoms with Gasteiger partial charge in [-0.25, -0.2) is 0 Å². The second kappa shape index (κ2) is 6.76. The molecule has 0 aromatic rings. The zero-order chi connectivity index (χ0) is 13.8. The van der Waals surface area contributed by atoms with Crippen LogP contribution in [0.4, 0.5) is 0 Å². The minimum absolute atomic E-state index is 0.147. The molecule has 2 atom stereocenters. The largest absolute Gasteiger partial charge is 0.381 e. The van der Waals surface area contributed by atoms with Crippen LogP contribution >= 0.6 is 0 Å². The summed E-state index contributed by atoms with van der Waals surface area (Å²) >= 11 is 0. The molecular formula is C17H31NO2. The summed E-state index contributed by atoms with van der Waals surface area (Å²) in [7, 11) is 0. The van der Waals surface area contributed by atoms with E-state index in [1.807, 2.05) is 0 Å². The molecule has 2 heterocycles. The van der Waals surface area contributed by atoms with Gasteiger partial charge in [-0.05, 0) is 50.5 Å². The lowest BCUT2D eigenvalue weighted by molar-refractivity contribution is -0.150. The maximum absolute atomic E-state index is 6.20. The summed E-state index contributed by atoms with van der Waals surface area (Å²) in [5.41, 5.74) is 0.147. The van der Waals surface area contributed by atoms with Gasteiger partial charge in [0, 0.05) is 25.9 Å². The molecule has 0 aromatic heterocycles. The Morgan fingerprint density at radius 1 is 1.15 bits per heavy atom. The molecule has 1 N–H and O–H groups in total. The second-order valence-electron chi connectivity index (χ2n) is 7.09. The van der Waals surface area contributed by atoms with Crippen molar-refractivity contribution >= 4 is 0 Å². The normalized spacial score (nSPS) is 31.9. The predicted molar refractivity (Wildman–Crippen MR) is 80.9 cm³/mol. The lowest BCUT2D eigenvalue weighted by Gasteiger charge is -2.46. The highest BCUT2D eigenvalue weighted by Gasteiger charge is 2.41. The summed E-state index contributed by atoms with van der Waals surface area (Å²) in [5, 5.41) is 3.79. The SMILES string of the molecule is CCNC(CC1CCC1)C1CCOC2(CCOCC2)C1. The molecule has 116 valence electrons. The molecule has 0 radical (unpaired) electrons. The van der Waals surface area contributed by atoms with Gasteiger partial charge in [-0.2, -0.15) is 0 Å². The lowest BCUT2D eigenvalue weighted by Crippen LogP contribution is -2.50. The number of nitrogens with one attached hydrogen (secondary N) is 1. The van der Waals surface area contributed by atoms with Crippen LogP contribution in [-0.4, -0.2) is 38.0 Å². The summed E-state index contributed by atoms with van der Waals surface area (Å²) in [6.07, 6.45) is 10.5. The summed E-state index contributed by atoms with van der Waals surface area (Å²) in [5.74, 6) is 1.80. The third-order valence-corrected chi connectivity index (χ3v) is 5.78. The van der Waals surface area contributed by atoms with Gasteiger partial charge in [0.2, 0.25) is 0 Å². The van der Waals surface area contributed by atoms with E-state index in [-0.39, 0.29) is 5.60 Å². The van der Waals surface area contributed by atoms with Crippen molar-refractivity contribution in [2.45, 2.75) is 69.9 Å². The number of hydrogen-bond acceptors (Lipinski definition) is 3. The summed E-state index contributed by atoms with van der Waals surface area (Å²) in [4.78, 5) is 0. The molecule has 3 heteroatoms. The first-order valence-electron chi connectivity index (χ1n) is 8.76. The van der Waals surface area contributed by atoms with Crippen molar-refractivity contribution in [1.29, 1.82) is 0 Å². The standard InChI is InChI=1S/C17H31NO2/c1-2-18-16(12-14-4-3-5-14)15-6-9-20-17(13-15)7-10-19-11-8-17/h14-16,18H,2-13H2,1H3. The second-order valence-corrected chi connectivity index (χ2v) is 7.09. The Hall–Kier alpha value is -0.120. The topological polar surface area (TPSA) is 30.5 Å². The molecule has 2 saturated heterocycles. The van der Waals surface area contributed by atoms with Crippen LogP contribution in [-0.2, 0) is 9.47 Å². The van der Waals surface area contributed by atoms with Gasteiger partial charge >= 0.3 is 0 Å². The minimum atomic E-state index is 0.147. The van der Waals surface area contributed by atoms with Crippen LogP contribution in [0.1, 0.15) is 58.3 Å². The first kappa shape index (κ1) is 14.8. The maximum Gasteiger partial charge on any atom is 0.0729 e. The molecule has 2 unspecified atom stereocenters. The minimum Gasteiger partial charge on any atom is -0.381 e. The van der Waals surface area contributed by atoms with E-state index in [4.69, 9.17) is 9.47 Å². The Balaban J connectivity index is 1.60. The smallest absolute Gasteiger partial charge is 0.0729 e. The van der Waals surface area contributed by atoms with Crippen molar-refractivity contribution in [3.8, 4) is 0 Å². The Morgan fingerprint density at radius 2 is 1.95 bits per heavy atom. The maximum atomic E-state index is 6.20. The molecule has 0 amide bonds. The average molecular weight is 281 g/mol. The van der Waals surface area contributed by atoms with Crippen molar-refractivity contribution in [2.24, 2.45) is 11.8 Å². The van der Waals surface area contributed by atoms with Gasteiger partial charge in [0.1, 0.15) is 0 Å². The fourth-order valence-electron chi connectivity index (χ4n) is 4.29. The van der Waals surface area contributed by atoms with E-state index in [1.165, 1.54) is 38.5 Å². The van der Waals surface area contributed by atoms with E-state index in [0.29, 0.717) is 6.04 Å². The number of rotatable bonds is 5. The molecule has 2 aliphatic heterocycles. The molecule has 3 nitrogen and oxygen atoms in total. The van der Waals surface area contributed by atoms with Crippen LogP contribution < -0.4 is 5.32 Å². The molecule has 1 spiro atoms. The van der Waals surface area contributed by atoms with Crippen LogP contribution in [0.2, 0.25) is 0 Å². The van der Waals surface area contributed by atoms with E-state index in [2.05, 4.69) is 12.2 Å². The van der Waals surface area contributed by atoms with Crippen LogP contribution in [0.3, 0.4) is 0 Å². The Labute approximate surface area is 123 Å². The first-order chi connectivity index (χ1) is 9.81. The highest BCUT2D eigenvalue weighted by Crippen LogP contribution is 2.40. The van der Waals surface area contributed by atoms with Gasteiger partial charge in [0.05, 0.1) is 5.60 Å². The third kappa shape index (κ3) is 3.37. The van der Waals surface area contributed by atoms with Crippen molar-refractivity contribution in [3.63, 3.8) is 0 Å². The molecule has 3 fully saturated rings. The van der Waals surface area contributed by atoms with Crippen LogP contribution in [0.5, 0.6) is 0 Å². The Morgan fingerprint density at radius 3 is 2.60 bits per heavy atom. The van der Waals surface area contributed by atoms with Gasteiger partial charge in [0.25, 0.3) is 0 Å². The highest BCUT2D eigenvalue weighted by molar-refractivity contribution is 4.93. The van der Waals surface area contributed by atoms with Crippen molar-refractivity contribution in [1.82, 2.24) is 5.32 Å². The molecular weight excluding hydrogens is 250 g/mol. The Bertz CT molecular complexity index is 292. The van der Waals surface area contributed by atoms with E-state index >= 15 is 0 Å². The monoisotopic (exact) mass is 281 g/mol.